The van der Waals surface area contributed by atoms with Crippen LogP contribution in [0.25, 0.3) is 0 Å². The number of aliphatic hydroxyl groups excluding tert-OH is 1. The van der Waals surface area contributed by atoms with E-state index in [2.05, 4.69) is 21.0 Å². The highest BCUT2D eigenvalue weighted by atomic mass is 79.9. The molecule has 1 aromatic heterocycles. The maximum Gasteiger partial charge on any atom is 0.0635 e. The molecule has 0 saturated carbocycles. The zero-order chi connectivity index (χ0) is 13.1. The minimum absolute atomic E-state index is 0.374. The van der Waals surface area contributed by atoms with Crippen LogP contribution < -0.4 is 0 Å². The summed E-state index contributed by atoms with van der Waals surface area (Å²) in [5, 5.41) is 14.4. The van der Waals surface area contributed by atoms with Gasteiger partial charge in [-0.2, -0.15) is 5.10 Å². The lowest BCUT2D eigenvalue weighted by molar-refractivity contribution is 0.173. The fourth-order valence-electron chi connectivity index (χ4n) is 2.06. The molecule has 1 unspecified atom stereocenters. The molecule has 1 N–H and O–H groups in total. The van der Waals surface area contributed by atoms with Gasteiger partial charge in [-0.1, -0.05) is 28.1 Å². The SMILES string of the molecule is Cc1cc(CC(O)Cc2ccc(Br)cc2)n(C)n1. The van der Waals surface area contributed by atoms with Crippen LogP contribution in [0.3, 0.4) is 0 Å². The standard InChI is InChI=1S/C14H17BrN2O/c1-10-7-13(17(2)16-10)9-14(18)8-11-3-5-12(15)6-4-11/h3-7,14,18H,8-9H2,1-2H3. The van der Waals surface area contributed by atoms with Crippen molar-refractivity contribution in [3.63, 3.8) is 0 Å². The first-order valence-corrected chi connectivity index (χ1v) is 6.76. The number of hydrogen-bond donors (Lipinski definition) is 1. The van der Waals surface area contributed by atoms with Crippen molar-refractivity contribution < 1.29 is 5.11 Å². The fraction of sp³-hybridized carbons (Fsp3) is 0.357. The molecule has 2 aromatic rings. The van der Waals surface area contributed by atoms with E-state index in [0.29, 0.717) is 12.8 Å². The fourth-order valence-corrected chi connectivity index (χ4v) is 2.33. The predicted octanol–water partition coefficient (Wildman–Crippen LogP) is 2.64. The second kappa shape index (κ2) is 5.67. The molecule has 1 atom stereocenters. The van der Waals surface area contributed by atoms with Gasteiger partial charge in [0.05, 0.1) is 11.8 Å². The monoisotopic (exact) mass is 308 g/mol. The molecule has 0 aliphatic heterocycles. The highest BCUT2D eigenvalue weighted by Gasteiger charge is 2.10. The molecule has 0 amide bonds. The van der Waals surface area contributed by atoms with Gasteiger partial charge in [-0.05, 0) is 37.1 Å². The summed E-state index contributed by atoms with van der Waals surface area (Å²) in [7, 11) is 1.91. The molecular weight excluding hydrogens is 292 g/mol. The third kappa shape index (κ3) is 3.43. The quantitative estimate of drug-likeness (QED) is 0.943. The topological polar surface area (TPSA) is 38.0 Å². The van der Waals surface area contributed by atoms with Gasteiger partial charge < -0.3 is 5.11 Å². The lowest BCUT2D eigenvalue weighted by Crippen LogP contribution is -2.16. The van der Waals surface area contributed by atoms with Gasteiger partial charge in [0.25, 0.3) is 0 Å². The molecule has 1 aromatic carbocycles. The van der Waals surface area contributed by atoms with Crippen molar-refractivity contribution in [3.8, 4) is 0 Å². The van der Waals surface area contributed by atoms with Crippen LogP contribution in [0.5, 0.6) is 0 Å². The Morgan fingerprint density at radius 3 is 2.50 bits per heavy atom. The van der Waals surface area contributed by atoms with Crippen LogP contribution in [0, 0.1) is 6.92 Å². The predicted molar refractivity (Wildman–Crippen MR) is 75.5 cm³/mol. The van der Waals surface area contributed by atoms with Crippen LogP contribution in [0.2, 0.25) is 0 Å². The molecular formula is C14H17BrN2O. The Labute approximate surface area is 116 Å². The third-order valence-electron chi connectivity index (χ3n) is 2.93. The molecule has 3 nitrogen and oxygen atoms in total. The molecule has 96 valence electrons. The van der Waals surface area contributed by atoms with Crippen molar-refractivity contribution in [1.29, 1.82) is 0 Å². The number of halogens is 1. The summed E-state index contributed by atoms with van der Waals surface area (Å²) in [6.45, 7) is 1.96. The van der Waals surface area contributed by atoms with Crippen LogP contribution >= 0.6 is 15.9 Å². The smallest absolute Gasteiger partial charge is 0.0635 e. The van der Waals surface area contributed by atoms with Crippen molar-refractivity contribution >= 4 is 15.9 Å². The van der Waals surface area contributed by atoms with E-state index in [1.54, 1.807) is 0 Å². The lowest BCUT2D eigenvalue weighted by atomic mass is 10.0. The first-order valence-electron chi connectivity index (χ1n) is 5.96. The molecule has 0 fully saturated rings. The van der Waals surface area contributed by atoms with E-state index in [-0.39, 0.29) is 6.10 Å². The maximum absolute atomic E-state index is 10.1. The second-order valence-corrected chi connectivity index (χ2v) is 5.50. The Morgan fingerprint density at radius 2 is 1.94 bits per heavy atom. The Morgan fingerprint density at radius 1 is 1.28 bits per heavy atom. The first kappa shape index (κ1) is 13.3. The van der Waals surface area contributed by atoms with Crippen LogP contribution in [-0.2, 0) is 19.9 Å². The Hall–Kier alpha value is -1.13. The Bertz CT molecular complexity index is 519. The van der Waals surface area contributed by atoms with Gasteiger partial charge in [0.15, 0.2) is 0 Å². The minimum atomic E-state index is -0.374. The summed E-state index contributed by atoms with van der Waals surface area (Å²) in [6, 6.07) is 10.1. The molecule has 0 radical (unpaired) electrons. The van der Waals surface area contributed by atoms with E-state index in [0.717, 1.165) is 21.4 Å². The zero-order valence-electron chi connectivity index (χ0n) is 10.6. The molecule has 18 heavy (non-hydrogen) atoms. The summed E-state index contributed by atoms with van der Waals surface area (Å²) in [6.07, 6.45) is 0.922. The van der Waals surface area contributed by atoms with Gasteiger partial charge in [-0.3, -0.25) is 4.68 Å². The lowest BCUT2D eigenvalue weighted by Gasteiger charge is -2.10. The van der Waals surface area contributed by atoms with Gasteiger partial charge in [0.2, 0.25) is 0 Å². The average Bonchev–Trinajstić information content (AvgIpc) is 2.61. The van der Waals surface area contributed by atoms with E-state index in [9.17, 15) is 5.11 Å². The number of aliphatic hydroxyl groups is 1. The summed E-state index contributed by atoms with van der Waals surface area (Å²) >= 11 is 3.40. The zero-order valence-corrected chi connectivity index (χ0v) is 12.2. The van der Waals surface area contributed by atoms with Gasteiger partial charge in [0.1, 0.15) is 0 Å². The first-order chi connectivity index (χ1) is 8.54. The number of benzene rings is 1. The van der Waals surface area contributed by atoms with Crippen LogP contribution in [0.4, 0.5) is 0 Å². The summed E-state index contributed by atoms with van der Waals surface area (Å²) in [4.78, 5) is 0. The number of nitrogens with zero attached hydrogens (tertiary/aromatic N) is 2. The molecule has 0 spiro atoms. The minimum Gasteiger partial charge on any atom is -0.392 e. The Kier molecular flexibility index (Phi) is 4.19. The third-order valence-corrected chi connectivity index (χ3v) is 3.46. The highest BCUT2D eigenvalue weighted by molar-refractivity contribution is 9.10. The number of aromatic nitrogens is 2. The molecule has 2 rings (SSSR count). The normalized spacial score (nSPS) is 12.7. The van der Waals surface area contributed by atoms with Crippen LogP contribution in [0.15, 0.2) is 34.8 Å². The van der Waals surface area contributed by atoms with E-state index in [1.165, 1.54) is 0 Å². The van der Waals surface area contributed by atoms with Crippen molar-refractivity contribution in [2.75, 3.05) is 0 Å². The van der Waals surface area contributed by atoms with E-state index in [1.807, 2.05) is 49.0 Å². The molecule has 1 heterocycles. The molecule has 0 saturated heterocycles. The maximum atomic E-state index is 10.1. The molecule has 0 aliphatic rings. The molecule has 4 heteroatoms. The van der Waals surface area contributed by atoms with Gasteiger partial charge >= 0.3 is 0 Å². The summed E-state index contributed by atoms with van der Waals surface area (Å²) in [5.74, 6) is 0. The van der Waals surface area contributed by atoms with E-state index in [4.69, 9.17) is 0 Å². The highest BCUT2D eigenvalue weighted by Crippen LogP contribution is 2.14. The molecule has 0 bridgehead atoms. The van der Waals surface area contributed by atoms with Crippen LogP contribution in [0.1, 0.15) is 17.0 Å². The van der Waals surface area contributed by atoms with Crippen molar-refractivity contribution in [2.24, 2.45) is 7.05 Å². The summed E-state index contributed by atoms with van der Waals surface area (Å²) < 4.78 is 2.89. The molecule has 0 aliphatic carbocycles. The van der Waals surface area contributed by atoms with Crippen molar-refractivity contribution in [1.82, 2.24) is 9.78 Å². The van der Waals surface area contributed by atoms with Gasteiger partial charge in [-0.25, -0.2) is 0 Å². The van der Waals surface area contributed by atoms with E-state index >= 15 is 0 Å². The van der Waals surface area contributed by atoms with Gasteiger partial charge in [-0.15, -0.1) is 0 Å². The Balaban J connectivity index is 1.98. The number of rotatable bonds is 4. The number of hydrogen-bond acceptors (Lipinski definition) is 2. The number of aryl methyl sites for hydroxylation is 2. The average molecular weight is 309 g/mol. The second-order valence-electron chi connectivity index (χ2n) is 4.59. The van der Waals surface area contributed by atoms with Crippen molar-refractivity contribution in [2.45, 2.75) is 25.9 Å². The van der Waals surface area contributed by atoms with Crippen LogP contribution in [-0.4, -0.2) is 21.0 Å². The van der Waals surface area contributed by atoms with Crippen molar-refractivity contribution in [3.05, 3.63) is 51.8 Å². The summed E-state index contributed by atoms with van der Waals surface area (Å²) in [5.41, 5.74) is 3.20. The van der Waals surface area contributed by atoms with Gasteiger partial charge in [0, 0.05) is 23.6 Å². The largest absolute Gasteiger partial charge is 0.392 e. The van der Waals surface area contributed by atoms with E-state index < -0.39 is 0 Å².